The molecule has 3 aromatic carbocycles. The molecule has 1 aromatic heterocycles. The largest absolute Gasteiger partial charge is 0.493 e. The molecule has 2 N–H and O–H groups in total. The molecule has 0 unspecified atom stereocenters. The van der Waals surface area contributed by atoms with Crippen LogP contribution in [0.5, 0.6) is 11.5 Å². The number of hydrogen-bond donors (Lipinski definition) is 2. The highest BCUT2D eigenvalue weighted by molar-refractivity contribution is 7.92. The number of ether oxygens (including phenoxy) is 2. The average Bonchev–Trinajstić information content (AvgIpc) is 3.32. The SMILES string of the molecule is COc1ccc(-c2csc(NC(=O)c3ccccc3NS(=O)(=O)c3ccc(C)cc3)n2)cc1OC. The van der Waals surface area contributed by atoms with E-state index in [1.165, 1.54) is 29.5 Å². The Hall–Kier alpha value is -3.89. The van der Waals surface area contributed by atoms with Gasteiger partial charge >= 0.3 is 0 Å². The third kappa shape index (κ3) is 5.44. The van der Waals surface area contributed by atoms with Crippen LogP contribution in [0.1, 0.15) is 15.9 Å². The van der Waals surface area contributed by atoms with E-state index in [9.17, 15) is 13.2 Å². The Kier molecular flexibility index (Phi) is 7.04. The van der Waals surface area contributed by atoms with E-state index in [1.807, 2.05) is 18.4 Å². The molecule has 180 valence electrons. The molecule has 0 saturated heterocycles. The number of nitrogens with one attached hydrogen (secondary N) is 2. The van der Waals surface area contributed by atoms with Crippen molar-refractivity contribution in [2.24, 2.45) is 0 Å². The zero-order valence-corrected chi connectivity index (χ0v) is 20.9. The number of aromatic nitrogens is 1. The Morgan fingerprint density at radius 3 is 2.37 bits per heavy atom. The molecule has 0 bridgehead atoms. The first-order valence-electron chi connectivity index (χ1n) is 10.5. The summed E-state index contributed by atoms with van der Waals surface area (Å²) in [4.78, 5) is 17.6. The normalized spacial score (nSPS) is 11.1. The Morgan fingerprint density at radius 1 is 0.943 bits per heavy atom. The van der Waals surface area contributed by atoms with Crippen molar-refractivity contribution in [2.75, 3.05) is 24.3 Å². The maximum absolute atomic E-state index is 13.0. The van der Waals surface area contributed by atoms with Gasteiger partial charge < -0.3 is 9.47 Å². The van der Waals surface area contributed by atoms with E-state index in [2.05, 4.69) is 15.0 Å². The number of amides is 1. The summed E-state index contributed by atoms with van der Waals surface area (Å²) >= 11 is 1.25. The van der Waals surface area contributed by atoms with Crippen molar-refractivity contribution >= 4 is 38.1 Å². The third-order valence-corrected chi connectivity index (χ3v) is 7.29. The number of carbonyl (C=O) groups excluding carboxylic acids is 1. The van der Waals surface area contributed by atoms with Gasteiger partial charge in [0.05, 0.1) is 36.1 Å². The summed E-state index contributed by atoms with van der Waals surface area (Å²) in [5, 5.41) is 4.93. The van der Waals surface area contributed by atoms with Crippen LogP contribution in [0.4, 0.5) is 10.8 Å². The van der Waals surface area contributed by atoms with Crippen LogP contribution in [0.25, 0.3) is 11.3 Å². The van der Waals surface area contributed by atoms with Crippen LogP contribution in [0.3, 0.4) is 0 Å². The van der Waals surface area contributed by atoms with Gasteiger partial charge in [-0.05, 0) is 49.4 Å². The first-order valence-corrected chi connectivity index (χ1v) is 12.8. The molecular formula is C25H23N3O5S2. The fourth-order valence-electron chi connectivity index (χ4n) is 3.31. The second-order valence-corrected chi connectivity index (χ2v) is 10.1. The van der Waals surface area contributed by atoms with E-state index in [0.717, 1.165) is 11.1 Å². The molecule has 0 fully saturated rings. The number of benzene rings is 3. The van der Waals surface area contributed by atoms with Crippen molar-refractivity contribution in [1.29, 1.82) is 0 Å². The van der Waals surface area contributed by atoms with Crippen LogP contribution in [0.2, 0.25) is 0 Å². The van der Waals surface area contributed by atoms with Crippen LogP contribution >= 0.6 is 11.3 Å². The number of carbonyl (C=O) groups is 1. The van der Waals surface area contributed by atoms with Gasteiger partial charge in [0.15, 0.2) is 16.6 Å². The van der Waals surface area contributed by atoms with Crippen LogP contribution in [-0.4, -0.2) is 33.5 Å². The molecule has 1 amide bonds. The lowest BCUT2D eigenvalue weighted by Crippen LogP contribution is -2.18. The maximum Gasteiger partial charge on any atom is 0.261 e. The number of aryl methyl sites for hydroxylation is 1. The monoisotopic (exact) mass is 509 g/mol. The fraction of sp³-hybridized carbons (Fsp3) is 0.120. The lowest BCUT2D eigenvalue weighted by Gasteiger charge is -2.12. The van der Waals surface area contributed by atoms with Crippen molar-refractivity contribution < 1.29 is 22.7 Å². The smallest absolute Gasteiger partial charge is 0.261 e. The highest BCUT2D eigenvalue weighted by Crippen LogP contribution is 2.33. The summed E-state index contributed by atoms with van der Waals surface area (Å²) in [6.45, 7) is 1.87. The molecule has 0 aliphatic rings. The van der Waals surface area contributed by atoms with Gasteiger partial charge in [-0.15, -0.1) is 11.3 Å². The summed E-state index contributed by atoms with van der Waals surface area (Å²) in [7, 11) is -0.752. The first-order chi connectivity index (χ1) is 16.8. The minimum Gasteiger partial charge on any atom is -0.493 e. The highest BCUT2D eigenvalue weighted by atomic mass is 32.2. The predicted octanol–water partition coefficient (Wildman–Crippen LogP) is 5.19. The van der Waals surface area contributed by atoms with E-state index in [4.69, 9.17) is 9.47 Å². The number of thiazole rings is 1. The van der Waals surface area contributed by atoms with E-state index < -0.39 is 15.9 Å². The molecule has 0 aliphatic carbocycles. The van der Waals surface area contributed by atoms with Gasteiger partial charge in [-0.2, -0.15) is 0 Å². The summed E-state index contributed by atoms with van der Waals surface area (Å²) in [6.07, 6.45) is 0. The number of nitrogens with zero attached hydrogens (tertiary/aromatic N) is 1. The quantitative estimate of drug-likeness (QED) is 0.339. The molecule has 0 radical (unpaired) electrons. The molecule has 35 heavy (non-hydrogen) atoms. The van der Waals surface area contributed by atoms with Crippen molar-refractivity contribution in [2.45, 2.75) is 11.8 Å². The zero-order chi connectivity index (χ0) is 25.0. The molecule has 0 atom stereocenters. The molecule has 0 aliphatic heterocycles. The van der Waals surface area contributed by atoms with Crippen LogP contribution < -0.4 is 19.5 Å². The standard InChI is InChI=1S/C25H23N3O5S2/c1-16-8-11-18(12-9-16)35(30,31)28-20-7-5-4-6-19(20)24(29)27-25-26-21(15-34-25)17-10-13-22(32-2)23(14-17)33-3/h4-15,28H,1-3H3,(H,26,27,29). The topological polar surface area (TPSA) is 107 Å². The molecular weight excluding hydrogens is 486 g/mol. The number of methoxy groups -OCH3 is 2. The van der Waals surface area contributed by atoms with Gasteiger partial charge in [-0.1, -0.05) is 29.8 Å². The van der Waals surface area contributed by atoms with Gasteiger partial charge in [0, 0.05) is 10.9 Å². The Balaban J connectivity index is 1.54. The number of para-hydroxylation sites is 1. The highest BCUT2D eigenvalue weighted by Gasteiger charge is 2.19. The minimum atomic E-state index is -3.87. The average molecular weight is 510 g/mol. The van der Waals surface area contributed by atoms with Crippen molar-refractivity contribution in [3.8, 4) is 22.8 Å². The van der Waals surface area contributed by atoms with Gasteiger partial charge in [0.1, 0.15) is 0 Å². The van der Waals surface area contributed by atoms with Gasteiger partial charge in [0.25, 0.3) is 15.9 Å². The molecule has 1 heterocycles. The van der Waals surface area contributed by atoms with Crippen molar-refractivity contribution in [3.05, 3.63) is 83.2 Å². The van der Waals surface area contributed by atoms with E-state index >= 15 is 0 Å². The van der Waals surface area contributed by atoms with Crippen LogP contribution in [-0.2, 0) is 10.0 Å². The van der Waals surface area contributed by atoms with Gasteiger partial charge in [-0.25, -0.2) is 13.4 Å². The summed E-state index contributed by atoms with van der Waals surface area (Å²) in [6, 6.07) is 18.3. The van der Waals surface area contributed by atoms with Crippen LogP contribution in [0, 0.1) is 6.92 Å². The summed E-state index contributed by atoms with van der Waals surface area (Å²) in [5.41, 5.74) is 2.73. The Morgan fingerprint density at radius 2 is 1.66 bits per heavy atom. The van der Waals surface area contributed by atoms with Gasteiger partial charge in [0.2, 0.25) is 0 Å². The first kappa shape index (κ1) is 24.2. The van der Waals surface area contributed by atoms with Gasteiger partial charge in [-0.3, -0.25) is 14.8 Å². The lowest BCUT2D eigenvalue weighted by molar-refractivity contribution is 0.102. The number of rotatable bonds is 8. The Labute approximate surface area is 207 Å². The zero-order valence-electron chi connectivity index (χ0n) is 19.2. The molecule has 4 aromatic rings. The second kappa shape index (κ2) is 10.2. The molecule has 0 saturated carbocycles. The maximum atomic E-state index is 13.0. The lowest BCUT2D eigenvalue weighted by atomic mass is 10.1. The van der Waals surface area contributed by atoms with Crippen LogP contribution in [0.15, 0.2) is 77.0 Å². The third-order valence-electron chi connectivity index (χ3n) is 5.15. The fourth-order valence-corrected chi connectivity index (χ4v) is 5.11. The summed E-state index contributed by atoms with van der Waals surface area (Å²) < 4.78 is 38.8. The predicted molar refractivity (Wildman–Crippen MR) is 137 cm³/mol. The number of anilines is 2. The second-order valence-electron chi connectivity index (χ2n) is 7.53. The van der Waals surface area contributed by atoms with E-state index in [0.29, 0.717) is 22.3 Å². The van der Waals surface area contributed by atoms with E-state index in [1.54, 1.807) is 56.7 Å². The Bertz CT molecular complexity index is 1460. The summed E-state index contributed by atoms with van der Waals surface area (Å²) in [5.74, 6) is 0.684. The molecule has 8 nitrogen and oxygen atoms in total. The van der Waals surface area contributed by atoms with Crippen molar-refractivity contribution in [3.63, 3.8) is 0 Å². The van der Waals surface area contributed by atoms with E-state index in [-0.39, 0.29) is 16.1 Å². The molecule has 0 spiro atoms. The number of sulfonamides is 1. The van der Waals surface area contributed by atoms with Crippen molar-refractivity contribution in [1.82, 2.24) is 4.98 Å². The molecule has 4 rings (SSSR count). The number of hydrogen-bond acceptors (Lipinski definition) is 7. The minimum absolute atomic E-state index is 0.109. The molecule has 10 heteroatoms.